The molecule has 2 aromatic heterocycles. The molecule has 5 heteroatoms. The van der Waals surface area contributed by atoms with Gasteiger partial charge in [-0.05, 0) is 56.2 Å². The maximum atomic E-state index is 11.1. The van der Waals surface area contributed by atoms with Crippen LogP contribution in [-0.2, 0) is 0 Å². The quantitative estimate of drug-likeness (QED) is 0.652. The Kier molecular flexibility index (Phi) is 4.30. The van der Waals surface area contributed by atoms with Gasteiger partial charge in [0, 0.05) is 17.1 Å². The molecule has 4 nitrogen and oxygen atoms in total. The summed E-state index contributed by atoms with van der Waals surface area (Å²) in [6.07, 6.45) is 2.69. The Labute approximate surface area is 139 Å². The molecule has 0 saturated heterocycles. The molecule has 1 aromatic carbocycles. The van der Waals surface area contributed by atoms with Crippen molar-refractivity contribution in [2.75, 3.05) is 6.61 Å². The second-order valence-electron chi connectivity index (χ2n) is 5.30. The molecule has 3 aromatic rings. The van der Waals surface area contributed by atoms with E-state index in [1.54, 1.807) is 10.6 Å². The van der Waals surface area contributed by atoms with Crippen LogP contribution in [0.4, 0.5) is 0 Å². The van der Waals surface area contributed by atoms with Crippen LogP contribution in [0, 0.1) is 13.8 Å². The van der Waals surface area contributed by atoms with Crippen LogP contribution in [0.15, 0.2) is 35.8 Å². The fourth-order valence-corrected chi connectivity index (χ4v) is 3.37. The molecule has 0 aliphatic rings. The van der Waals surface area contributed by atoms with Crippen LogP contribution in [0.1, 0.15) is 28.5 Å². The van der Waals surface area contributed by atoms with E-state index in [4.69, 9.17) is 9.72 Å². The molecule has 0 bridgehead atoms. The fraction of sp³-hybridized carbons (Fsp3) is 0.222. The number of rotatable bonds is 5. The number of carbonyl (C=O) groups excluding carboxylic acids is 1. The zero-order chi connectivity index (χ0) is 16.4. The van der Waals surface area contributed by atoms with E-state index in [1.807, 2.05) is 31.5 Å². The van der Waals surface area contributed by atoms with Gasteiger partial charge in [-0.2, -0.15) is 0 Å². The number of aryl methyl sites for hydroxylation is 2. The highest BCUT2D eigenvalue weighted by Crippen LogP contribution is 2.32. The number of nitrogens with zero attached hydrogens (tertiary/aromatic N) is 2. The summed E-state index contributed by atoms with van der Waals surface area (Å²) in [7, 11) is 0. The summed E-state index contributed by atoms with van der Waals surface area (Å²) in [5.74, 6) is 0.915. The first kappa shape index (κ1) is 15.5. The van der Waals surface area contributed by atoms with Crippen molar-refractivity contribution in [2.24, 2.45) is 0 Å². The summed E-state index contributed by atoms with van der Waals surface area (Å²) in [6, 6.07) is 7.78. The highest BCUT2D eigenvalue weighted by molar-refractivity contribution is 7.12. The normalized spacial score (nSPS) is 10.7. The summed E-state index contributed by atoms with van der Waals surface area (Å²) in [6.45, 7) is 6.74. The fourth-order valence-electron chi connectivity index (χ4n) is 2.54. The van der Waals surface area contributed by atoms with Crippen molar-refractivity contribution in [3.05, 3.63) is 52.7 Å². The maximum Gasteiger partial charge on any atom is 0.194 e. The van der Waals surface area contributed by atoms with Gasteiger partial charge in [0.1, 0.15) is 5.75 Å². The number of hydrogen-bond donors (Lipinski definition) is 0. The molecular weight excluding hydrogens is 308 g/mol. The van der Waals surface area contributed by atoms with E-state index in [-0.39, 0.29) is 0 Å². The molecule has 23 heavy (non-hydrogen) atoms. The Bertz CT molecular complexity index is 849. The Morgan fingerprint density at radius 2 is 2.13 bits per heavy atom. The molecule has 0 spiro atoms. The highest BCUT2D eigenvalue weighted by Gasteiger charge is 2.12. The Morgan fingerprint density at radius 1 is 1.30 bits per heavy atom. The van der Waals surface area contributed by atoms with Gasteiger partial charge in [-0.3, -0.25) is 9.36 Å². The predicted molar refractivity (Wildman–Crippen MR) is 92.9 cm³/mol. The summed E-state index contributed by atoms with van der Waals surface area (Å²) in [5.41, 5.74) is 4.83. The van der Waals surface area contributed by atoms with Crippen molar-refractivity contribution in [3.8, 4) is 22.1 Å². The van der Waals surface area contributed by atoms with Crippen LogP contribution in [0.5, 0.6) is 5.75 Å². The van der Waals surface area contributed by atoms with Gasteiger partial charge in [0.2, 0.25) is 0 Å². The average Bonchev–Trinajstić information content (AvgIpc) is 3.18. The molecule has 0 saturated carbocycles. The van der Waals surface area contributed by atoms with Crippen LogP contribution in [0.2, 0.25) is 0 Å². The molecule has 0 atom stereocenters. The van der Waals surface area contributed by atoms with Crippen LogP contribution < -0.4 is 4.74 Å². The number of aromatic nitrogens is 2. The van der Waals surface area contributed by atoms with Gasteiger partial charge in [-0.15, -0.1) is 11.3 Å². The van der Waals surface area contributed by atoms with Crippen molar-refractivity contribution in [3.63, 3.8) is 0 Å². The largest absolute Gasteiger partial charge is 0.494 e. The molecule has 0 amide bonds. The molecule has 2 heterocycles. The third-order valence-corrected chi connectivity index (χ3v) is 4.54. The minimum Gasteiger partial charge on any atom is -0.494 e. The smallest absolute Gasteiger partial charge is 0.194 e. The number of benzene rings is 1. The third kappa shape index (κ3) is 2.92. The maximum absolute atomic E-state index is 11.1. The molecular formula is C18H18N2O2S. The lowest BCUT2D eigenvalue weighted by Gasteiger charge is -2.11. The standard InChI is InChI=1S/C18H18N2O2S/c1-4-22-17-9-12(2)15(8-13(17)3)16-11-23-18(19-16)20-7-5-6-14(20)10-21/h5-11H,4H2,1-3H3. The number of ether oxygens (including phenoxy) is 1. The highest BCUT2D eigenvalue weighted by atomic mass is 32.1. The summed E-state index contributed by atoms with van der Waals surface area (Å²) in [5, 5.41) is 2.81. The van der Waals surface area contributed by atoms with Gasteiger partial charge in [0.25, 0.3) is 0 Å². The van der Waals surface area contributed by atoms with Gasteiger partial charge < -0.3 is 4.74 Å². The summed E-state index contributed by atoms with van der Waals surface area (Å²) >= 11 is 1.52. The molecule has 118 valence electrons. The average molecular weight is 326 g/mol. The zero-order valence-corrected chi connectivity index (χ0v) is 14.2. The Balaban J connectivity index is 2.01. The van der Waals surface area contributed by atoms with Crippen molar-refractivity contribution >= 4 is 17.6 Å². The molecule has 3 rings (SSSR count). The van der Waals surface area contributed by atoms with Crippen LogP contribution in [-0.4, -0.2) is 22.4 Å². The topological polar surface area (TPSA) is 44.1 Å². The molecule has 0 aliphatic heterocycles. The first-order valence-electron chi connectivity index (χ1n) is 7.47. The first-order chi connectivity index (χ1) is 11.1. The van der Waals surface area contributed by atoms with Gasteiger partial charge >= 0.3 is 0 Å². The number of hydrogen-bond acceptors (Lipinski definition) is 4. The number of thiazole rings is 1. The van der Waals surface area contributed by atoms with Gasteiger partial charge in [-0.1, -0.05) is 0 Å². The first-order valence-corrected chi connectivity index (χ1v) is 8.35. The van der Waals surface area contributed by atoms with E-state index < -0.39 is 0 Å². The molecule has 0 radical (unpaired) electrons. The number of carbonyl (C=O) groups is 1. The minimum absolute atomic E-state index is 0.602. The summed E-state index contributed by atoms with van der Waals surface area (Å²) < 4.78 is 7.45. The lowest BCUT2D eigenvalue weighted by atomic mass is 10.0. The van der Waals surface area contributed by atoms with E-state index in [2.05, 4.69) is 19.1 Å². The summed E-state index contributed by atoms with van der Waals surface area (Å²) in [4.78, 5) is 15.8. The van der Waals surface area contributed by atoms with Crippen LogP contribution in [0.3, 0.4) is 0 Å². The van der Waals surface area contributed by atoms with E-state index >= 15 is 0 Å². The third-order valence-electron chi connectivity index (χ3n) is 3.70. The van der Waals surface area contributed by atoms with E-state index in [0.29, 0.717) is 12.3 Å². The van der Waals surface area contributed by atoms with Gasteiger partial charge in [0.05, 0.1) is 18.0 Å². The molecule has 0 fully saturated rings. The van der Waals surface area contributed by atoms with E-state index in [9.17, 15) is 4.79 Å². The van der Waals surface area contributed by atoms with E-state index in [1.165, 1.54) is 11.3 Å². The van der Waals surface area contributed by atoms with Crippen molar-refractivity contribution < 1.29 is 9.53 Å². The van der Waals surface area contributed by atoms with Gasteiger partial charge in [0.15, 0.2) is 11.4 Å². The predicted octanol–water partition coefficient (Wildman–Crippen LogP) is 4.43. The van der Waals surface area contributed by atoms with Crippen molar-refractivity contribution in [1.82, 2.24) is 9.55 Å². The SMILES string of the molecule is CCOc1cc(C)c(-c2csc(-n3cccc3C=O)n2)cc1C. The minimum atomic E-state index is 0.602. The molecule has 0 unspecified atom stereocenters. The van der Waals surface area contributed by atoms with Crippen molar-refractivity contribution in [1.29, 1.82) is 0 Å². The second kappa shape index (κ2) is 6.38. The second-order valence-corrected chi connectivity index (χ2v) is 6.14. The van der Waals surface area contributed by atoms with Gasteiger partial charge in [-0.25, -0.2) is 4.98 Å². The molecule has 0 N–H and O–H groups in total. The Hall–Kier alpha value is -2.40. The Morgan fingerprint density at radius 3 is 2.87 bits per heavy atom. The monoisotopic (exact) mass is 326 g/mol. The lowest BCUT2D eigenvalue weighted by Crippen LogP contribution is -1.98. The molecule has 0 aliphatic carbocycles. The van der Waals surface area contributed by atoms with Crippen molar-refractivity contribution in [2.45, 2.75) is 20.8 Å². The zero-order valence-electron chi connectivity index (χ0n) is 13.4. The number of aldehydes is 1. The van der Waals surface area contributed by atoms with E-state index in [0.717, 1.165) is 39.6 Å². The lowest BCUT2D eigenvalue weighted by molar-refractivity contribution is 0.111. The van der Waals surface area contributed by atoms with Crippen LogP contribution >= 0.6 is 11.3 Å². The van der Waals surface area contributed by atoms with Crippen LogP contribution in [0.25, 0.3) is 16.4 Å².